The van der Waals surface area contributed by atoms with Gasteiger partial charge in [-0.25, -0.2) is 6.07 Å². The molecule has 0 aliphatic carbocycles. The molecule has 0 amide bonds. The Morgan fingerprint density at radius 2 is 2.00 bits per heavy atom. The van der Waals surface area contributed by atoms with Crippen molar-refractivity contribution in [2.24, 2.45) is 0 Å². The fourth-order valence-corrected chi connectivity index (χ4v) is 0.196. The summed E-state index contributed by atoms with van der Waals surface area (Å²) >= 11 is 0. The van der Waals surface area contributed by atoms with Crippen molar-refractivity contribution in [1.29, 1.82) is 0 Å². The summed E-state index contributed by atoms with van der Waals surface area (Å²) in [4.78, 5) is 0. The van der Waals surface area contributed by atoms with Crippen LogP contribution in [0.4, 0.5) is 0 Å². The third-order valence-electron chi connectivity index (χ3n) is 0.379. The van der Waals surface area contributed by atoms with Crippen LogP contribution in [0.3, 0.4) is 0 Å². The Labute approximate surface area is 75.3 Å². The molecule has 0 aromatic carbocycles. The van der Waals surface area contributed by atoms with E-state index in [0.29, 0.717) is 0 Å². The van der Waals surface area contributed by atoms with Crippen LogP contribution in [0.25, 0.3) is 0 Å². The molecule has 0 aliphatic heterocycles. The minimum absolute atomic E-state index is 0. The molecule has 8 heavy (non-hydrogen) atoms. The third-order valence-corrected chi connectivity index (χ3v) is 0.379. The standard InChI is InChI=1S/C4H3O.C2H6.Y/c1-2-4-5-3-1;1-2;/h1,3-4H;1-2H3;/q-1;;. The monoisotopic (exact) mass is 186 g/mol. The molecule has 1 rings (SSSR count). The van der Waals surface area contributed by atoms with Gasteiger partial charge in [0.15, 0.2) is 0 Å². The minimum Gasteiger partial charge on any atom is -0.576 e. The first-order valence-corrected chi connectivity index (χ1v) is 2.38. The summed E-state index contributed by atoms with van der Waals surface area (Å²) in [6, 6.07) is 4.40. The normalized spacial score (nSPS) is 5.75. The van der Waals surface area contributed by atoms with Gasteiger partial charge in [-0.3, -0.25) is 0 Å². The Bertz CT molecular complexity index is 65.0. The van der Waals surface area contributed by atoms with Crippen molar-refractivity contribution in [2.45, 2.75) is 13.8 Å². The topological polar surface area (TPSA) is 13.1 Å². The predicted molar refractivity (Wildman–Crippen MR) is 28.9 cm³/mol. The van der Waals surface area contributed by atoms with Crippen molar-refractivity contribution >= 4 is 0 Å². The largest absolute Gasteiger partial charge is 0.576 e. The Morgan fingerprint density at radius 3 is 2.12 bits per heavy atom. The second kappa shape index (κ2) is 10.4. The van der Waals surface area contributed by atoms with E-state index in [4.69, 9.17) is 0 Å². The van der Waals surface area contributed by atoms with Crippen LogP contribution in [0, 0.1) is 6.07 Å². The molecular formula is C6H9OY-. The van der Waals surface area contributed by atoms with Crippen molar-refractivity contribution in [1.82, 2.24) is 0 Å². The van der Waals surface area contributed by atoms with E-state index in [1.54, 1.807) is 12.3 Å². The zero-order chi connectivity index (χ0) is 5.54. The van der Waals surface area contributed by atoms with E-state index in [0.717, 1.165) is 0 Å². The van der Waals surface area contributed by atoms with Crippen LogP contribution >= 0.6 is 0 Å². The zero-order valence-electron chi connectivity index (χ0n) is 5.22. The maximum Gasteiger partial charge on any atom is 0 e. The molecule has 0 atom stereocenters. The van der Waals surface area contributed by atoms with Gasteiger partial charge in [0.05, 0.1) is 0 Å². The molecule has 0 saturated carbocycles. The van der Waals surface area contributed by atoms with Crippen LogP contribution in [0.1, 0.15) is 13.8 Å². The molecule has 1 nitrogen and oxygen atoms in total. The molecule has 0 aliphatic rings. The van der Waals surface area contributed by atoms with E-state index in [9.17, 15) is 0 Å². The number of rotatable bonds is 0. The van der Waals surface area contributed by atoms with Gasteiger partial charge in [0.1, 0.15) is 0 Å². The SMILES string of the molecule is CC.[Y].[c-]1ccoc1. The van der Waals surface area contributed by atoms with Crippen LogP contribution in [0.2, 0.25) is 0 Å². The molecule has 1 heterocycles. The molecule has 0 fully saturated rings. The van der Waals surface area contributed by atoms with Gasteiger partial charge in [-0.2, -0.15) is 6.07 Å². The second-order valence-electron chi connectivity index (χ2n) is 0.723. The van der Waals surface area contributed by atoms with E-state index >= 15 is 0 Å². The average Bonchev–Trinajstić information content (AvgIpc) is 2.23. The maximum atomic E-state index is 4.53. The van der Waals surface area contributed by atoms with E-state index in [-0.39, 0.29) is 32.7 Å². The number of hydrogen-bond acceptors (Lipinski definition) is 1. The molecule has 43 valence electrons. The summed E-state index contributed by atoms with van der Waals surface area (Å²) in [5.41, 5.74) is 0. The second-order valence-corrected chi connectivity index (χ2v) is 0.723. The Hall–Kier alpha value is 0.384. The van der Waals surface area contributed by atoms with Crippen LogP contribution in [0.15, 0.2) is 23.0 Å². The minimum atomic E-state index is 0. The Morgan fingerprint density at radius 1 is 1.38 bits per heavy atom. The van der Waals surface area contributed by atoms with Crippen LogP contribution in [-0.2, 0) is 32.7 Å². The first-order chi connectivity index (χ1) is 3.50. The van der Waals surface area contributed by atoms with Crippen molar-refractivity contribution in [3.63, 3.8) is 0 Å². The van der Waals surface area contributed by atoms with Crippen molar-refractivity contribution in [3.05, 3.63) is 24.7 Å². The summed E-state index contributed by atoms with van der Waals surface area (Å²) in [5.74, 6) is 0. The van der Waals surface area contributed by atoms with Gasteiger partial charge < -0.3 is 4.42 Å². The molecule has 0 saturated heterocycles. The molecule has 2 heteroatoms. The Kier molecular flexibility index (Phi) is 14.6. The van der Waals surface area contributed by atoms with Crippen molar-refractivity contribution in [3.8, 4) is 0 Å². The van der Waals surface area contributed by atoms with Crippen LogP contribution in [0.5, 0.6) is 0 Å². The van der Waals surface area contributed by atoms with Gasteiger partial charge in [0, 0.05) is 32.7 Å². The van der Waals surface area contributed by atoms with E-state index in [1.165, 1.54) is 6.26 Å². The molecule has 0 N–H and O–H groups in total. The fraction of sp³-hybridized carbons (Fsp3) is 0.333. The first-order valence-electron chi connectivity index (χ1n) is 2.38. The Balaban J connectivity index is 0. The summed E-state index contributed by atoms with van der Waals surface area (Å²) in [6.07, 6.45) is 3.07. The number of furan rings is 1. The van der Waals surface area contributed by atoms with E-state index in [1.807, 2.05) is 13.8 Å². The van der Waals surface area contributed by atoms with E-state index < -0.39 is 0 Å². The van der Waals surface area contributed by atoms with Crippen molar-refractivity contribution in [2.75, 3.05) is 0 Å². The first kappa shape index (κ1) is 11.2. The molecule has 0 unspecified atom stereocenters. The molecular weight excluding hydrogens is 177 g/mol. The third kappa shape index (κ3) is 6.38. The summed E-state index contributed by atoms with van der Waals surface area (Å²) in [5, 5.41) is 0. The van der Waals surface area contributed by atoms with Crippen LogP contribution < -0.4 is 0 Å². The number of hydrogen-bond donors (Lipinski definition) is 0. The summed E-state index contributed by atoms with van der Waals surface area (Å²) in [7, 11) is 0. The van der Waals surface area contributed by atoms with Gasteiger partial charge in [0.2, 0.25) is 0 Å². The molecule has 1 aromatic heterocycles. The zero-order valence-corrected chi connectivity index (χ0v) is 8.06. The smallest absolute Gasteiger partial charge is 0 e. The van der Waals surface area contributed by atoms with Gasteiger partial charge in [-0.05, 0) is 6.26 Å². The fourth-order valence-electron chi connectivity index (χ4n) is 0.196. The van der Waals surface area contributed by atoms with Crippen molar-refractivity contribution < 1.29 is 37.1 Å². The van der Waals surface area contributed by atoms with Crippen LogP contribution in [-0.4, -0.2) is 0 Å². The van der Waals surface area contributed by atoms with Gasteiger partial charge >= 0.3 is 0 Å². The van der Waals surface area contributed by atoms with Gasteiger partial charge in [0.25, 0.3) is 0 Å². The average molecular weight is 186 g/mol. The summed E-state index contributed by atoms with van der Waals surface area (Å²) in [6.45, 7) is 4.00. The van der Waals surface area contributed by atoms with E-state index in [2.05, 4.69) is 10.5 Å². The quantitative estimate of drug-likeness (QED) is 0.565. The van der Waals surface area contributed by atoms with Gasteiger partial charge in [-0.1, -0.05) is 20.1 Å². The van der Waals surface area contributed by atoms with Gasteiger partial charge in [-0.15, -0.1) is 0 Å². The molecule has 1 aromatic rings. The molecule has 1 radical (unpaired) electrons. The summed E-state index contributed by atoms with van der Waals surface area (Å²) < 4.78 is 4.53. The predicted octanol–water partition coefficient (Wildman–Crippen LogP) is 2.10. The maximum absolute atomic E-state index is 4.53. The molecule has 0 spiro atoms. The molecule has 0 bridgehead atoms.